The van der Waals surface area contributed by atoms with Crippen LogP contribution in [-0.4, -0.2) is 30.6 Å². The summed E-state index contributed by atoms with van der Waals surface area (Å²) in [6.07, 6.45) is 0. The molecule has 0 saturated heterocycles. The Kier molecular flexibility index (Phi) is 5.66. The van der Waals surface area contributed by atoms with Crippen LogP contribution in [0.15, 0.2) is 78.9 Å². The topological polar surface area (TPSA) is 67.9 Å². The van der Waals surface area contributed by atoms with E-state index in [0.717, 1.165) is 11.1 Å². The zero-order valence-electron chi connectivity index (χ0n) is 16.6. The third kappa shape index (κ3) is 4.27. The molecule has 30 heavy (non-hydrogen) atoms. The van der Waals surface area contributed by atoms with E-state index in [1.54, 1.807) is 36.2 Å². The van der Waals surface area contributed by atoms with Crippen molar-refractivity contribution in [2.45, 2.75) is 12.6 Å². The quantitative estimate of drug-likeness (QED) is 0.685. The molecule has 0 fully saturated rings. The van der Waals surface area contributed by atoms with Crippen LogP contribution in [0.5, 0.6) is 11.5 Å². The molecule has 3 aromatic rings. The first-order valence-corrected chi connectivity index (χ1v) is 9.66. The van der Waals surface area contributed by atoms with Gasteiger partial charge in [-0.15, -0.1) is 0 Å². The Bertz CT molecular complexity index is 1040. The minimum atomic E-state index is -0.794. The Hall–Kier alpha value is -3.80. The van der Waals surface area contributed by atoms with Crippen LogP contribution in [0.2, 0.25) is 0 Å². The summed E-state index contributed by atoms with van der Waals surface area (Å²) in [6.45, 7) is 0.579. The molecule has 6 heteroatoms. The lowest BCUT2D eigenvalue weighted by atomic mass is 10.0. The Labute approximate surface area is 175 Å². The van der Waals surface area contributed by atoms with E-state index in [1.165, 1.54) is 0 Å². The Morgan fingerprint density at radius 3 is 2.33 bits per heavy atom. The predicted octanol–water partition coefficient (Wildman–Crippen LogP) is 3.55. The van der Waals surface area contributed by atoms with Gasteiger partial charge in [-0.2, -0.15) is 0 Å². The number of ether oxygens (including phenoxy) is 2. The van der Waals surface area contributed by atoms with Crippen LogP contribution in [0, 0.1) is 0 Å². The number of fused-ring (bicyclic) bond motifs is 1. The van der Waals surface area contributed by atoms with Crippen molar-refractivity contribution in [2.24, 2.45) is 0 Å². The molecule has 0 aromatic heterocycles. The molecule has 0 saturated carbocycles. The highest BCUT2D eigenvalue weighted by Crippen LogP contribution is 2.33. The number of amides is 2. The van der Waals surface area contributed by atoms with Crippen molar-refractivity contribution in [1.29, 1.82) is 0 Å². The molecule has 3 aromatic carbocycles. The number of carbonyl (C=O) groups is 2. The molecule has 0 bridgehead atoms. The van der Waals surface area contributed by atoms with E-state index < -0.39 is 6.04 Å². The first-order chi connectivity index (χ1) is 14.6. The molecule has 1 aliphatic rings. The summed E-state index contributed by atoms with van der Waals surface area (Å²) in [6, 6.07) is 22.9. The Balaban J connectivity index is 1.53. The number of hydrogen-bond donors (Lipinski definition) is 1. The molecule has 152 valence electrons. The molecular formula is C24H22N2O4. The van der Waals surface area contributed by atoms with Gasteiger partial charge in [0.1, 0.15) is 6.04 Å². The molecule has 1 heterocycles. The predicted molar refractivity (Wildman–Crippen MR) is 112 cm³/mol. The Morgan fingerprint density at radius 2 is 1.60 bits per heavy atom. The van der Waals surface area contributed by atoms with E-state index in [9.17, 15) is 9.59 Å². The maximum absolute atomic E-state index is 13.3. The molecular weight excluding hydrogens is 380 g/mol. The maximum atomic E-state index is 13.3. The van der Waals surface area contributed by atoms with Crippen LogP contribution in [0.4, 0.5) is 0 Å². The molecule has 1 aliphatic heterocycles. The second-order valence-corrected chi connectivity index (χ2v) is 7.07. The van der Waals surface area contributed by atoms with E-state index in [-0.39, 0.29) is 18.6 Å². The number of hydrogen-bond acceptors (Lipinski definition) is 4. The summed E-state index contributed by atoms with van der Waals surface area (Å²) >= 11 is 0. The van der Waals surface area contributed by atoms with E-state index >= 15 is 0 Å². The standard InChI is InChI=1S/C24H22N2O4/c1-26(15-17-12-13-20-21(14-17)30-16-29-20)24(28)22(18-8-4-2-5-9-18)25-23(27)19-10-6-3-7-11-19/h2-14,22H,15-16H2,1H3,(H,25,27). The van der Waals surface area contributed by atoms with Crippen LogP contribution < -0.4 is 14.8 Å². The number of rotatable bonds is 6. The second-order valence-electron chi connectivity index (χ2n) is 7.07. The van der Waals surface area contributed by atoms with Crippen molar-refractivity contribution in [1.82, 2.24) is 10.2 Å². The van der Waals surface area contributed by atoms with Crippen LogP contribution in [0.25, 0.3) is 0 Å². The minimum Gasteiger partial charge on any atom is -0.454 e. The average molecular weight is 402 g/mol. The van der Waals surface area contributed by atoms with E-state index in [2.05, 4.69) is 5.32 Å². The van der Waals surface area contributed by atoms with Crippen molar-refractivity contribution in [2.75, 3.05) is 13.8 Å². The van der Waals surface area contributed by atoms with Crippen LogP contribution >= 0.6 is 0 Å². The molecule has 1 atom stereocenters. The molecule has 6 nitrogen and oxygen atoms in total. The molecule has 0 aliphatic carbocycles. The van der Waals surface area contributed by atoms with Crippen molar-refractivity contribution >= 4 is 11.8 Å². The lowest BCUT2D eigenvalue weighted by molar-refractivity contribution is -0.132. The fourth-order valence-electron chi connectivity index (χ4n) is 3.35. The van der Waals surface area contributed by atoms with E-state index in [1.807, 2.05) is 54.6 Å². The zero-order chi connectivity index (χ0) is 20.9. The van der Waals surface area contributed by atoms with Gasteiger partial charge in [0.2, 0.25) is 12.7 Å². The van der Waals surface area contributed by atoms with Gasteiger partial charge in [-0.3, -0.25) is 9.59 Å². The van der Waals surface area contributed by atoms with Gasteiger partial charge in [0, 0.05) is 19.2 Å². The van der Waals surface area contributed by atoms with Crippen LogP contribution in [0.3, 0.4) is 0 Å². The summed E-state index contributed by atoms with van der Waals surface area (Å²) in [5, 5.41) is 2.88. The first-order valence-electron chi connectivity index (χ1n) is 9.66. The lowest BCUT2D eigenvalue weighted by Gasteiger charge is -2.25. The van der Waals surface area contributed by atoms with Gasteiger partial charge in [-0.05, 0) is 35.4 Å². The van der Waals surface area contributed by atoms with Crippen molar-refractivity contribution in [3.63, 3.8) is 0 Å². The van der Waals surface area contributed by atoms with Gasteiger partial charge < -0.3 is 19.7 Å². The molecule has 0 radical (unpaired) electrons. The molecule has 2 amide bonds. The SMILES string of the molecule is CN(Cc1ccc2c(c1)OCO2)C(=O)C(NC(=O)c1ccccc1)c1ccccc1. The van der Waals surface area contributed by atoms with Crippen molar-refractivity contribution < 1.29 is 19.1 Å². The Morgan fingerprint density at radius 1 is 0.933 bits per heavy atom. The molecule has 1 N–H and O–H groups in total. The largest absolute Gasteiger partial charge is 0.454 e. The fraction of sp³-hybridized carbons (Fsp3) is 0.167. The molecule has 4 rings (SSSR count). The van der Waals surface area contributed by atoms with Gasteiger partial charge in [0.25, 0.3) is 5.91 Å². The number of carbonyl (C=O) groups excluding carboxylic acids is 2. The monoisotopic (exact) mass is 402 g/mol. The minimum absolute atomic E-state index is 0.204. The molecule has 0 spiro atoms. The summed E-state index contributed by atoms with van der Waals surface area (Å²) in [5.74, 6) is 0.868. The summed E-state index contributed by atoms with van der Waals surface area (Å²) in [4.78, 5) is 27.6. The second kappa shape index (κ2) is 8.69. The van der Waals surface area contributed by atoms with Crippen LogP contribution in [0.1, 0.15) is 27.5 Å². The average Bonchev–Trinajstić information content (AvgIpc) is 3.26. The highest BCUT2D eigenvalue weighted by atomic mass is 16.7. The summed E-state index contributed by atoms with van der Waals surface area (Å²) in [7, 11) is 1.72. The van der Waals surface area contributed by atoms with E-state index in [0.29, 0.717) is 23.6 Å². The summed E-state index contributed by atoms with van der Waals surface area (Å²) < 4.78 is 10.8. The third-order valence-electron chi connectivity index (χ3n) is 4.92. The van der Waals surface area contributed by atoms with Gasteiger partial charge in [-0.25, -0.2) is 0 Å². The number of nitrogens with one attached hydrogen (secondary N) is 1. The number of nitrogens with zero attached hydrogens (tertiary/aromatic N) is 1. The number of benzene rings is 3. The van der Waals surface area contributed by atoms with Gasteiger partial charge in [0.15, 0.2) is 11.5 Å². The van der Waals surface area contributed by atoms with Crippen LogP contribution in [-0.2, 0) is 11.3 Å². The lowest BCUT2D eigenvalue weighted by Crippen LogP contribution is -2.41. The van der Waals surface area contributed by atoms with Gasteiger partial charge >= 0.3 is 0 Å². The number of likely N-dealkylation sites (N-methyl/N-ethyl adjacent to an activating group) is 1. The van der Waals surface area contributed by atoms with Crippen molar-refractivity contribution in [3.8, 4) is 11.5 Å². The maximum Gasteiger partial charge on any atom is 0.252 e. The first kappa shape index (κ1) is 19.5. The van der Waals surface area contributed by atoms with Crippen molar-refractivity contribution in [3.05, 3.63) is 95.6 Å². The highest BCUT2D eigenvalue weighted by molar-refractivity contribution is 5.97. The zero-order valence-corrected chi connectivity index (χ0v) is 16.6. The highest BCUT2D eigenvalue weighted by Gasteiger charge is 2.26. The van der Waals surface area contributed by atoms with E-state index in [4.69, 9.17) is 9.47 Å². The third-order valence-corrected chi connectivity index (χ3v) is 4.92. The summed E-state index contributed by atoms with van der Waals surface area (Å²) in [5.41, 5.74) is 2.14. The van der Waals surface area contributed by atoms with Gasteiger partial charge in [-0.1, -0.05) is 54.6 Å². The normalized spacial score (nSPS) is 12.8. The van der Waals surface area contributed by atoms with Gasteiger partial charge in [0.05, 0.1) is 0 Å². The smallest absolute Gasteiger partial charge is 0.252 e. The molecule has 1 unspecified atom stereocenters. The fourth-order valence-corrected chi connectivity index (χ4v) is 3.35.